The van der Waals surface area contributed by atoms with E-state index in [0.717, 1.165) is 32.4 Å². The number of aromatic hydroxyl groups is 1. The third-order valence-electron chi connectivity index (χ3n) is 16.4. The number of allylic oxidation sites excluding steroid dienone is 4. The highest BCUT2D eigenvalue weighted by Crippen LogP contribution is 2.26. The molecule has 27 N–H and O–H groups in total. The molecule has 2 saturated heterocycles. The molecule has 0 radical (unpaired) electrons. The van der Waals surface area contributed by atoms with Gasteiger partial charge in [0.25, 0.3) is 0 Å². The first-order chi connectivity index (χ1) is 48.8. The number of phenols is 1. The Kier molecular flexibility index (Phi) is 35.2. The summed E-state index contributed by atoms with van der Waals surface area (Å²) in [7, 11) is 1.79. The molecule has 0 aliphatic carbocycles. The molecule has 3 aromatic rings. The van der Waals surface area contributed by atoms with Crippen LogP contribution >= 0.6 is 21.6 Å². The van der Waals surface area contributed by atoms with Crippen molar-refractivity contribution in [3.63, 3.8) is 0 Å². The summed E-state index contributed by atoms with van der Waals surface area (Å²) in [6.45, 7) is 3.99. The van der Waals surface area contributed by atoms with E-state index in [2.05, 4.69) is 64.1 Å². The smallest absolute Gasteiger partial charge is 0.326 e. The van der Waals surface area contributed by atoms with Crippen molar-refractivity contribution in [2.24, 2.45) is 60.8 Å². The number of aliphatic hydroxyl groups is 1. The van der Waals surface area contributed by atoms with Crippen LogP contribution in [0.25, 0.3) is 10.8 Å². The number of nitrogens with two attached hydrogens (primary N) is 8. The molecule has 0 unspecified atom stereocenters. The predicted molar refractivity (Wildman–Crippen MR) is 392 cm³/mol. The molecular weight excluding hydrogens is 1360 g/mol. The van der Waals surface area contributed by atoms with Gasteiger partial charge < -0.3 is 109 Å². The van der Waals surface area contributed by atoms with Crippen molar-refractivity contribution in [3.05, 3.63) is 114 Å². The van der Waals surface area contributed by atoms with E-state index in [1.165, 1.54) is 53.5 Å². The molecule has 2 heterocycles. The van der Waals surface area contributed by atoms with Crippen LogP contribution in [0.3, 0.4) is 0 Å². The van der Waals surface area contributed by atoms with Crippen LogP contribution in [-0.4, -0.2) is 202 Å². The van der Waals surface area contributed by atoms with Gasteiger partial charge in [-0.3, -0.25) is 58.1 Å². The summed E-state index contributed by atoms with van der Waals surface area (Å²) in [5, 5.41) is 54.3. The topological polar surface area (TPSA) is 576 Å². The number of nitrogens with zero attached hydrogens (tertiary/aromatic N) is 4. The molecular formula is C67H98N20O13S2. The summed E-state index contributed by atoms with van der Waals surface area (Å²) in [5.41, 5.74) is 46.6. The number of rotatable bonds is 34. The van der Waals surface area contributed by atoms with E-state index in [4.69, 9.17) is 45.9 Å². The van der Waals surface area contributed by atoms with Crippen LogP contribution in [0.15, 0.2) is 118 Å². The summed E-state index contributed by atoms with van der Waals surface area (Å²) in [5.74, 6) is -10.9. The molecule has 5 rings (SSSR count). The van der Waals surface area contributed by atoms with Crippen LogP contribution in [0.5, 0.6) is 5.75 Å². The van der Waals surface area contributed by atoms with Gasteiger partial charge in [-0.05, 0) is 136 Å². The number of carboxylic acid groups (broad SMARTS) is 1. The second-order valence-electron chi connectivity index (χ2n) is 24.4. The number of unbranched alkanes of at least 4 members (excludes halogenated alkanes) is 1. The maximum absolute atomic E-state index is 15.2. The van der Waals surface area contributed by atoms with E-state index in [1.807, 2.05) is 36.4 Å². The number of phenolic OH excluding ortho intramolecular Hbond substituents is 1. The minimum absolute atomic E-state index is 0.00767. The van der Waals surface area contributed by atoms with Crippen molar-refractivity contribution in [1.29, 1.82) is 0 Å². The first-order valence-electron chi connectivity index (χ1n) is 33.5. The zero-order valence-electron chi connectivity index (χ0n) is 56.8. The van der Waals surface area contributed by atoms with Crippen LogP contribution < -0.4 is 88.4 Å². The Balaban J connectivity index is 1.63. The Morgan fingerprint density at radius 1 is 0.647 bits per heavy atom. The second-order valence-corrected chi connectivity index (χ2v) is 26.9. The van der Waals surface area contributed by atoms with Crippen molar-refractivity contribution in [3.8, 4) is 5.75 Å². The number of aliphatic hydroxyl groups excluding tert-OH is 1. The van der Waals surface area contributed by atoms with Gasteiger partial charge >= 0.3 is 5.97 Å². The monoisotopic (exact) mass is 1450 g/mol. The number of nitrogens with one attached hydrogen (secondary N) is 8. The van der Waals surface area contributed by atoms with Gasteiger partial charge in [0.05, 0.1) is 6.04 Å². The first-order valence-corrected chi connectivity index (χ1v) is 36.0. The standard InChI is InChI=1S/C67H98N20O13S2/c1-2-13-43(88)16-5-6-18-46-56(91)81-48(19-7-8-29-68)63(98)87-33-12-22-54(87)62(97)84-50(35-39-24-27-44(89)28-25-39)59(94)86-53(61(96)82-49(64(99)100)21-11-32-78-67(74)75)38-102-101-37-52(60(95)80-46)85-57(92)47(20-10-31-77-66(72)73)79-58(93)51(83-55(90)45(69)17-9-30-76-65(70)71)36-40-23-26-41-14-3-4-15-42(41)34-40/h2-5,13-16,23-28,34,45-54,88-89H,1,6-12,17-22,29-33,35-38,68-69H2,(H,79,93)(H,80,95)(H,81,91)(H,82,96)(H,83,90)(H,84,97)(H,85,92)(H,86,94)(H,99,100)(H4,70,71,76)(H4,72,73,77)(H4,74,75,78)/b16-5-,43-13+/t45-,46-,47-,48+,49-,50-,51+,52-,53-,54-/m0/s1. The average molecular weight is 1460 g/mol. The summed E-state index contributed by atoms with van der Waals surface area (Å²) in [6.07, 6.45) is 6.49. The van der Waals surface area contributed by atoms with E-state index in [1.54, 1.807) is 6.07 Å². The Hall–Kier alpha value is -10.1. The number of aliphatic imine (C=N–C) groups is 3. The van der Waals surface area contributed by atoms with Gasteiger partial charge in [0, 0.05) is 50.5 Å². The van der Waals surface area contributed by atoms with E-state index >= 15 is 9.59 Å². The van der Waals surface area contributed by atoms with Crippen molar-refractivity contribution >= 4 is 109 Å². The number of hydrogen-bond donors (Lipinski definition) is 19. The van der Waals surface area contributed by atoms with Gasteiger partial charge in [-0.15, -0.1) is 0 Å². The Bertz CT molecular complexity index is 3510. The lowest BCUT2D eigenvalue weighted by molar-refractivity contribution is -0.143. The maximum atomic E-state index is 15.2. The van der Waals surface area contributed by atoms with E-state index < -0.39 is 125 Å². The molecule has 10 atom stereocenters. The highest BCUT2D eigenvalue weighted by atomic mass is 33.1. The van der Waals surface area contributed by atoms with Crippen molar-refractivity contribution in [1.82, 2.24) is 47.4 Å². The first kappa shape index (κ1) is 82.5. The van der Waals surface area contributed by atoms with Crippen LogP contribution in [0.4, 0.5) is 0 Å². The highest BCUT2D eigenvalue weighted by molar-refractivity contribution is 8.76. The fraction of sp³-hybridized carbons (Fsp3) is 0.478. The Morgan fingerprint density at radius 2 is 1.25 bits per heavy atom. The Labute approximate surface area is 599 Å². The van der Waals surface area contributed by atoms with Crippen molar-refractivity contribution in [2.75, 3.05) is 44.2 Å². The number of hydrogen-bond acceptors (Lipinski definition) is 19. The summed E-state index contributed by atoms with van der Waals surface area (Å²) < 4.78 is 0. The number of benzene rings is 3. The van der Waals surface area contributed by atoms with Crippen molar-refractivity contribution < 1.29 is 63.3 Å². The molecule has 2 aliphatic rings. The van der Waals surface area contributed by atoms with E-state index in [-0.39, 0.29) is 138 Å². The fourth-order valence-corrected chi connectivity index (χ4v) is 13.3. The largest absolute Gasteiger partial charge is 0.508 e. The van der Waals surface area contributed by atoms with Gasteiger partial charge in [-0.2, -0.15) is 0 Å². The van der Waals surface area contributed by atoms with Gasteiger partial charge in [0.2, 0.25) is 53.2 Å². The lowest BCUT2D eigenvalue weighted by atomic mass is 10.00. The molecule has 33 nitrogen and oxygen atoms in total. The minimum atomic E-state index is -1.64. The molecule has 2 fully saturated rings. The zero-order chi connectivity index (χ0) is 74.7. The third kappa shape index (κ3) is 28.8. The lowest BCUT2D eigenvalue weighted by Gasteiger charge is -2.31. The molecule has 102 heavy (non-hydrogen) atoms. The number of guanidine groups is 3. The zero-order valence-corrected chi connectivity index (χ0v) is 58.5. The molecule has 35 heteroatoms. The molecule has 0 spiro atoms. The SMILES string of the molecule is C=C/C=C(O)\C=C/CC[C@@H]1NC(=O)[C@@H](NC(=O)[C@H](CCCN=C(N)N)NC(=O)[C@@H](Cc2ccc3ccccc3c2)NC(=O)[C@@H](N)CCCN=C(N)N)CSSC[C@@H](C(=O)N[C@@H](CCCN=C(N)N)C(=O)O)NC(=O)[C@H](Cc2ccc(O)cc2)NC(=O)[C@@H]2CCCN2C(=O)[C@@H](CCCCN)NC1=O. The van der Waals surface area contributed by atoms with Crippen LogP contribution in [0.2, 0.25) is 0 Å². The highest BCUT2D eigenvalue weighted by Gasteiger charge is 2.41. The van der Waals surface area contributed by atoms with Crippen LogP contribution in [-0.2, 0) is 60.8 Å². The van der Waals surface area contributed by atoms with Gasteiger partial charge in [0.15, 0.2) is 17.9 Å². The maximum Gasteiger partial charge on any atom is 0.326 e. The number of aliphatic carboxylic acids is 1. The summed E-state index contributed by atoms with van der Waals surface area (Å²) >= 11 is 0. The number of carbonyl (C=O) groups is 10. The number of carbonyl (C=O) groups excluding carboxylic acids is 9. The minimum Gasteiger partial charge on any atom is -0.508 e. The molecule has 9 amide bonds. The van der Waals surface area contributed by atoms with Gasteiger partial charge in [0.1, 0.15) is 65.9 Å². The van der Waals surface area contributed by atoms with Gasteiger partial charge in [-0.25, -0.2) is 4.79 Å². The lowest BCUT2D eigenvalue weighted by Crippen LogP contribution is -2.61. The van der Waals surface area contributed by atoms with Crippen molar-refractivity contribution in [2.45, 2.75) is 157 Å². The van der Waals surface area contributed by atoms with E-state index in [0.29, 0.717) is 36.8 Å². The summed E-state index contributed by atoms with van der Waals surface area (Å²) in [6, 6.07) is 4.38. The normalized spacial score (nSPS) is 19.9. The van der Waals surface area contributed by atoms with E-state index in [9.17, 15) is 53.7 Å². The second kappa shape index (κ2) is 43.5. The molecule has 556 valence electrons. The fourth-order valence-electron chi connectivity index (χ4n) is 11.0. The van der Waals surface area contributed by atoms with Crippen LogP contribution in [0, 0.1) is 0 Å². The Morgan fingerprint density at radius 3 is 1.89 bits per heavy atom. The summed E-state index contributed by atoms with van der Waals surface area (Å²) in [4.78, 5) is 159. The predicted octanol–water partition coefficient (Wildman–Crippen LogP) is -1.74. The molecule has 0 aromatic heterocycles. The third-order valence-corrected chi connectivity index (χ3v) is 18.8. The molecule has 2 aliphatic heterocycles. The molecule has 3 aromatic carbocycles. The quantitative estimate of drug-likeness (QED) is 0.00788. The molecule has 0 saturated carbocycles. The number of fused-ring (bicyclic) bond motifs is 2. The number of amides is 9. The van der Waals surface area contributed by atoms with Gasteiger partial charge in [-0.1, -0.05) is 94.9 Å². The number of carboxylic acids is 1. The molecule has 0 bridgehead atoms. The average Bonchev–Trinajstić information content (AvgIpc) is 1.69. The van der Waals surface area contributed by atoms with Crippen LogP contribution in [0.1, 0.15) is 94.6 Å².